The van der Waals surface area contributed by atoms with E-state index < -0.39 is 11.9 Å². The van der Waals surface area contributed by atoms with Crippen LogP contribution >= 0.6 is 0 Å². The summed E-state index contributed by atoms with van der Waals surface area (Å²) >= 11 is 0. The van der Waals surface area contributed by atoms with Gasteiger partial charge in [-0.25, -0.2) is 9.18 Å². The predicted molar refractivity (Wildman–Crippen MR) is 86.2 cm³/mol. The molecule has 2 rings (SSSR count). The number of rotatable bonds is 4. The van der Waals surface area contributed by atoms with Crippen molar-refractivity contribution < 1.29 is 18.7 Å². The Balaban J connectivity index is 2.05. The average molecular weight is 316 g/mol. The van der Waals surface area contributed by atoms with Gasteiger partial charge in [0.2, 0.25) is 0 Å². The topological polar surface area (TPSA) is 67.4 Å². The van der Waals surface area contributed by atoms with E-state index in [1.54, 1.807) is 44.2 Å². The van der Waals surface area contributed by atoms with E-state index in [2.05, 4.69) is 10.6 Å². The Morgan fingerprint density at radius 2 is 1.78 bits per heavy atom. The van der Waals surface area contributed by atoms with Crippen LogP contribution in [0.4, 0.5) is 20.6 Å². The van der Waals surface area contributed by atoms with Crippen molar-refractivity contribution in [1.29, 1.82) is 0 Å². The number of hydrogen-bond donors (Lipinski definition) is 2. The maximum atomic E-state index is 13.2. The third-order valence-electron chi connectivity index (χ3n) is 3.12. The number of carbonyl (C=O) groups is 2. The van der Waals surface area contributed by atoms with Crippen LogP contribution in [0.25, 0.3) is 0 Å². The van der Waals surface area contributed by atoms with Crippen molar-refractivity contribution in [3.8, 4) is 0 Å². The van der Waals surface area contributed by atoms with Crippen molar-refractivity contribution in [3.63, 3.8) is 0 Å². The molecule has 0 unspecified atom stereocenters. The molecule has 0 saturated carbocycles. The molecule has 0 heterocycles. The number of benzene rings is 2. The first kappa shape index (κ1) is 16.5. The van der Waals surface area contributed by atoms with E-state index >= 15 is 0 Å². The van der Waals surface area contributed by atoms with Crippen molar-refractivity contribution in [2.24, 2.45) is 0 Å². The fourth-order valence-electron chi connectivity index (χ4n) is 1.91. The molecule has 2 aromatic carbocycles. The van der Waals surface area contributed by atoms with E-state index in [-0.39, 0.29) is 12.5 Å². The van der Waals surface area contributed by atoms with Crippen LogP contribution in [0.5, 0.6) is 0 Å². The molecular weight excluding hydrogens is 299 g/mol. The summed E-state index contributed by atoms with van der Waals surface area (Å²) in [7, 11) is 0. The molecule has 0 aliphatic rings. The second-order valence-electron chi connectivity index (χ2n) is 4.84. The number of anilines is 2. The summed E-state index contributed by atoms with van der Waals surface area (Å²) in [6.07, 6.45) is -0.555. The smallest absolute Gasteiger partial charge is 0.411 e. The molecule has 0 aliphatic heterocycles. The van der Waals surface area contributed by atoms with Gasteiger partial charge in [-0.3, -0.25) is 10.1 Å². The van der Waals surface area contributed by atoms with Crippen molar-refractivity contribution in [2.75, 3.05) is 17.2 Å². The van der Waals surface area contributed by atoms with E-state index in [9.17, 15) is 14.0 Å². The van der Waals surface area contributed by atoms with Gasteiger partial charge in [-0.2, -0.15) is 0 Å². The van der Waals surface area contributed by atoms with Gasteiger partial charge in [0.05, 0.1) is 6.61 Å². The van der Waals surface area contributed by atoms with Crippen LogP contribution in [0.2, 0.25) is 0 Å². The monoisotopic (exact) mass is 316 g/mol. The third kappa shape index (κ3) is 4.54. The SMILES string of the molecule is CCOC(=O)Nc1ccc(C(=O)Nc2cc(F)ccc2C)cc1. The van der Waals surface area contributed by atoms with E-state index in [1.807, 2.05) is 0 Å². The van der Waals surface area contributed by atoms with E-state index in [4.69, 9.17) is 4.74 Å². The number of hydrogen-bond acceptors (Lipinski definition) is 3. The summed E-state index contributed by atoms with van der Waals surface area (Å²) in [4.78, 5) is 23.5. The van der Waals surface area contributed by atoms with Crippen molar-refractivity contribution in [2.45, 2.75) is 13.8 Å². The summed E-state index contributed by atoms with van der Waals surface area (Å²) in [6.45, 7) is 3.77. The van der Waals surface area contributed by atoms with Gasteiger partial charge in [-0.15, -0.1) is 0 Å². The maximum Gasteiger partial charge on any atom is 0.411 e. The predicted octanol–water partition coefficient (Wildman–Crippen LogP) is 3.95. The van der Waals surface area contributed by atoms with Crippen LogP contribution in [-0.4, -0.2) is 18.6 Å². The Labute approximate surface area is 133 Å². The highest BCUT2D eigenvalue weighted by Gasteiger charge is 2.09. The lowest BCUT2D eigenvalue weighted by Crippen LogP contribution is -2.15. The second-order valence-corrected chi connectivity index (χ2v) is 4.84. The molecule has 2 amide bonds. The van der Waals surface area contributed by atoms with Gasteiger partial charge in [-0.1, -0.05) is 6.07 Å². The largest absolute Gasteiger partial charge is 0.450 e. The molecule has 0 radical (unpaired) electrons. The molecule has 0 aromatic heterocycles. The van der Waals surface area contributed by atoms with Crippen molar-refractivity contribution in [1.82, 2.24) is 0 Å². The molecule has 5 nitrogen and oxygen atoms in total. The number of amides is 2. The first-order valence-electron chi connectivity index (χ1n) is 7.11. The van der Waals surface area contributed by atoms with Crippen molar-refractivity contribution >= 4 is 23.4 Å². The zero-order valence-corrected chi connectivity index (χ0v) is 12.9. The van der Waals surface area contributed by atoms with Crippen molar-refractivity contribution in [3.05, 3.63) is 59.4 Å². The summed E-state index contributed by atoms with van der Waals surface area (Å²) in [5.74, 6) is -0.777. The van der Waals surface area contributed by atoms with Gasteiger partial charge < -0.3 is 10.1 Å². The molecule has 23 heavy (non-hydrogen) atoms. The molecule has 0 aliphatic carbocycles. The Bertz CT molecular complexity index is 714. The van der Waals surface area contributed by atoms with Gasteiger partial charge in [0.25, 0.3) is 5.91 Å². The van der Waals surface area contributed by atoms with Gasteiger partial charge in [0, 0.05) is 16.9 Å². The number of nitrogens with one attached hydrogen (secondary N) is 2. The number of aryl methyl sites for hydroxylation is 1. The molecule has 2 N–H and O–H groups in total. The van der Waals surface area contributed by atoms with Gasteiger partial charge >= 0.3 is 6.09 Å². The molecule has 2 aromatic rings. The van der Waals surface area contributed by atoms with Crippen LogP contribution < -0.4 is 10.6 Å². The summed E-state index contributed by atoms with van der Waals surface area (Å²) in [6, 6.07) is 10.5. The molecule has 0 saturated heterocycles. The Morgan fingerprint density at radius 3 is 2.43 bits per heavy atom. The number of halogens is 1. The van der Waals surface area contributed by atoms with E-state index in [0.717, 1.165) is 5.56 Å². The lowest BCUT2D eigenvalue weighted by atomic mass is 10.1. The summed E-state index contributed by atoms with van der Waals surface area (Å²) < 4.78 is 18.0. The normalized spacial score (nSPS) is 10.0. The highest BCUT2D eigenvalue weighted by Crippen LogP contribution is 2.18. The highest BCUT2D eigenvalue weighted by atomic mass is 19.1. The molecule has 0 bridgehead atoms. The van der Waals surface area contributed by atoms with Gasteiger partial charge in [0.15, 0.2) is 0 Å². The number of carbonyl (C=O) groups excluding carboxylic acids is 2. The van der Waals surface area contributed by atoms with E-state index in [0.29, 0.717) is 16.9 Å². The zero-order valence-electron chi connectivity index (χ0n) is 12.9. The number of ether oxygens (including phenoxy) is 1. The maximum absolute atomic E-state index is 13.2. The van der Waals surface area contributed by atoms with Gasteiger partial charge in [-0.05, 0) is 55.8 Å². The Kier molecular flexibility index (Phi) is 5.30. The minimum atomic E-state index is -0.555. The van der Waals surface area contributed by atoms with Crippen LogP contribution in [0.1, 0.15) is 22.8 Å². The molecule has 6 heteroatoms. The van der Waals surface area contributed by atoms with Crippen LogP contribution in [0.3, 0.4) is 0 Å². The molecule has 0 atom stereocenters. The zero-order chi connectivity index (χ0) is 16.8. The first-order chi connectivity index (χ1) is 11.0. The fourth-order valence-corrected chi connectivity index (χ4v) is 1.91. The fraction of sp³-hybridized carbons (Fsp3) is 0.176. The van der Waals surface area contributed by atoms with Crippen LogP contribution in [0.15, 0.2) is 42.5 Å². The lowest BCUT2D eigenvalue weighted by molar-refractivity contribution is 0.102. The molecule has 0 fully saturated rings. The standard InChI is InChI=1S/C17H17FN2O3/c1-3-23-17(22)19-14-8-5-12(6-9-14)16(21)20-15-10-13(18)7-4-11(15)2/h4-10H,3H2,1-2H3,(H,19,22)(H,20,21). The Hall–Kier alpha value is -2.89. The minimum absolute atomic E-state index is 0.277. The Morgan fingerprint density at radius 1 is 1.09 bits per heavy atom. The average Bonchev–Trinajstić information content (AvgIpc) is 2.52. The quantitative estimate of drug-likeness (QED) is 0.897. The third-order valence-corrected chi connectivity index (χ3v) is 3.12. The summed E-state index contributed by atoms with van der Waals surface area (Å²) in [5.41, 5.74) is 2.09. The van der Waals surface area contributed by atoms with E-state index in [1.165, 1.54) is 12.1 Å². The van der Waals surface area contributed by atoms with Crippen LogP contribution in [-0.2, 0) is 4.74 Å². The first-order valence-corrected chi connectivity index (χ1v) is 7.11. The second kappa shape index (κ2) is 7.40. The summed E-state index contributed by atoms with van der Waals surface area (Å²) in [5, 5.41) is 5.19. The molecular formula is C17H17FN2O3. The molecule has 120 valence electrons. The lowest BCUT2D eigenvalue weighted by Gasteiger charge is -2.09. The highest BCUT2D eigenvalue weighted by molar-refractivity contribution is 6.05. The van der Waals surface area contributed by atoms with Gasteiger partial charge in [0.1, 0.15) is 5.82 Å². The minimum Gasteiger partial charge on any atom is -0.450 e. The van der Waals surface area contributed by atoms with Crippen LogP contribution in [0, 0.1) is 12.7 Å². The molecule has 0 spiro atoms.